The average Bonchev–Trinajstić information content (AvgIpc) is 3.36. The minimum Gasteiger partial charge on any atom is -0.465 e. The molecule has 0 bridgehead atoms. The van der Waals surface area contributed by atoms with Gasteiger partial charge in [0.1, 0.15) is 12.2 Å². The first-order valence-corrected chi connectivity index (χ1v) is 11.2. The molecule has 1 aromatic carbocycles. The Kier molecular flexibility index (Phi) is 6.78. The first-order chi connectivity index (χ1) is 15.7. The number of ether oxygens (including phenoxy) is 3. The van der Waals surface area contributed by atoms with Crippen LogP contribution >= 0.6 is 12.2 Å². The molecule has 0 radical (unpaired) electrons. The number of fused-ring (bicyclic) bond motifs is 1. The number of hydrogen-bond donors (Lipinski definition) is 3. The zero-order valence-corrected chi connectivity index (χ0v) is 19.9. The summed E-state index contributed by atoms with van der Waals surface area (Å²) in [6.45, 7) is 7.30. The highest BCUT2D eigenvalue weighted by molar-refractivity contribution is 7.80. The van der Waals surface area contributed by atoms with Crippen LogP contribution in [-0.2, 0) is 19.6 Å². The van der Waals surface area contributed by atoms with Crippen molar-refractivity contribution < 1.29 is 19.0 Å². The molecular weight excluding hydrogens is 442 g/mol. The van der Waals surface area contributed by atoms with E-state index in [2.05, 4.69) is 46.7 Å². The number of benzene rings is 1. The molecule has 2 aliphatic rings. The first kappa shape index (κ1) is 23.3. The Morgan fingerprint density at radius 2 is 1.88 bits per heavy atom. The van der Waals surface area contributed by atoms with E-state index in [1.54, 1.807) is 24.4 Å². The van der Waals surface area contributed by atoms with Crippen molar-refractivity contribution >= 4 is 34.9 Å². The number of esters is 1. The zero-order valence-electron chi connectivity index (χ0n) is 19.1. The lowest BCUT2D eigenvalue weighted by atomic mass is 9.92. The Balaban J connectivity index is 1.34. The monoisotopic (exact) mass is 471 g/mol. The fourth-order valence-corrected chi connectivity index (χ4v) is 4.21. The van der Waals surface area contributed by atoms with Crippen LogP contribution in [0.15, 0.2) is 36.5 Å². The second kappa shape index (κ2) is 9.58. The predicted octanol–water partition coefficient (Wildman–Crippen LogP) is 2.49. The molecule has 0 amide bonds. The molecular formula is C23H29N5O4S. The van der Waals surface area contributed by atoms with E-state index in [-0.39, 0.29) is 29.7 Å². The Morgan fingerprint density at radius 1 is 1.15 bits per heavy atom. The number of carbonyl (C=O) groups excluding carboxylic acids is 1. The quantitative estimate of drug-likeness (QED) is 0.445. The molecule has 0 unspecified atom stereocenters. The van der Waals surface area contributed by atoms with Crippen molar-refractivity contribution in [3.8, 4) is 0 Å². The number of rotatable bonds is 5. The van der Waals surface area contributed by atoms with Crippen LogP contribution in [0, 0.1) is 0 Å². The van der Waals surface area contributed by atoms with E-state index in [1.807, 2.05) is 12.1 Å². The molecule has 2 fully saturated rings. The molecule has 3 N–H and O–H groups in total. The molecule has 1 aromatic heterocycles. The van der Waals surface area contributed by atoms with Crippen molar-refractivity contribution in [2.24, 2.45) is 0 Å². The second-order valence-corrected chi connectivity index (χ2v) is 9.55. The number of nitrogens with zero attached hydrogens (tertiary/aromatic N) is 2. The summed E-state index contributed by atoms with van der Waals surface area (Å²) in [5.41, 5.74) is 2.04. The predicted molar refractivity (Wildman–Crippen MR) is 129 cm³/mol. The number of carbonyl (C=O) groups is 1. The van der Waals surface area contributed by atoms with Crippen LogP contribution in [0.4, 0.5) is 11.6 Å². The van der Waals surface area contributed by atoms with Gasteiger partial charge in [0.2, 0.25) is 5.95 Å². The van der Waals surface area contributed by atoms with E-state index >= 15 is 0 Å². The zero-order chi connectivity index (χ0) is 23.6. The van der Waals surface area contributed by atoms with Gasteiger partial charge in [0.05, 0.1) is 43.7 Å². The third kappa shape index (κ3) is 5.40. The van der Waals surface area contributed by atoms with Crippen molar-refractivity contribution in [1.82, 2.24) is 15.3 Å². The normalized spacial score (nSPS) is 24.1. The maximum atomic E-state index is 11.7. The van der Waals surface area contributed by atoms with Gasteiger partial charge in [-0.3, -0.25) is 0 Å². The largest absolute Gasteiger partial charge is 0.465 e. The van der Waals surface area contributed by atoms with E-state index in [9.17, 15) is 4.79 Å². The van der Waals surface area contributed by atoms with E-state index in [0.717, 1.165) is 5.69 Å². The highest BCUT2D eigenvalue weighted by Crippen LogP contribution is 2.29. The molecule has 33 heavy (non-hydrogen) atoms. The van der Waals surface area contributed by atoms with Crippen molar-refractivity contribution in [2.45, 2.75) is 50.5 Å². The van der Waals surface area contributed by atoms with E-state index in [4.69, 9.17) is 26.4 Å². The van der Waals surface area contributed by atoms with Crippen LogP contribution in [0.1, 0.15) is 36.8 Å². The minimum absolute atomic E-state index is 0.0599. The maximum Gasteiger partial charge on any atom is 0.337 e. The number of anilines is 2. The van der Waals surface area contributed by atoms with Crippen molar-refractivity contribution in [3.05, 3.63) is 47.8 Å². The van der Waals surface area contributed by atoms with E-state index in [1.165, 1.54) is 7.11 Å². The van der Waals surface area contributed by atoms with Gasteiger partial charge >= 0.3 is 5.97 Å². The van der Waals surface area contributed by atoms with E-state index in [0.29, 0.717) is 35.5 Å². The van der Waals surface area contributed by atoms with Gasteiger partial charge < -0.3 is 30.2 Å². The molecule has 4 rings (SSSR count). The summed E-state index contributed by atoms with van der Waals surface area (Å²) in [6, 6.07) is 8.72. The van der Waals surface area contributed by atoms with Crippen LogP contribution in [0.2, 0.25) is 0 Å². The third-order valence-corrected chi connectivity index (χ3v) is 5.87. The number of methoxy groups -OCH3 is 1. The number of aromatic nitrogens is 2. The van der Waals surface area contributed by atoms with Crippen molar-refractivity contribution in [2.75, 3.05) is 31.0 Å². The smallest absolute Gasteiger partial charge is 0.337 e. The van der Waals surface area contributed by atoms with Crippen LogP contribution in [0.5, 0.6) is 0 Å². The molecule has 4 atom stereocenters. The molecule has 0 saturated carbocycles. The summed E-state index contributed by atoms with van der Waals surface area (Å²) in [7, 11) is 1.35. The molecule has 0 spiro atoms. The highest BCUT2D eigenvalue weighted by Gasteiger charge is 2.48. The summed E-state index contributed by atoms with van der Waals surface area (Å²) in [4.78, 5) is 20.7. The number of thiocarbonyl (C=S) groups is 1. The second-order valence-electron chi connectivity index (χ2n) is 9.14. The summed E-state index contributed by atoms with van der Waals surface area (Å²) in [5, 5.41) is 10.2. The van der Waals surface area contributed by atoms with Crippen LogP contribution < -0.4 is 16.0 Å². The fourth-order valence-electron chi connectivity index (χ4n) is 3.94. The molecule has 176 valence electrons. The van der Waals surface area contributed by atoms with Gasteiger partial charge in [-0.1, -0.05) is 26.8 Å². The number of nitrogens with one attached hydrogen (secondary N) is 3. The molecule has 10 heteroatoms. The SMILES string of the molecule is COC(=O)c1cccc(NC(=S)N[C@H]2CO[C@H]3[C@H]2OC[C@H]3Nc2nccc(C(C)(C)C)n2)c1. The van der Waals surface area contributed by atoms with Gasteiger partial charge in [0.25, 0.3) is 0 Å². The van der Waals surface area contributed by atoms with Gasteiger partial charge in [-0.05, 0) is 36.5 Å². The van der Waals surface area contributed by atoms with Gasteiger partial charge in [0, 0.05) is 17.3 Å². The van der Waals surface area contributed by atoms with Crippen LogP contribution in [-0.4, -0.2) is 65.7 Å². The van der Waals surface area contributed by atoms with Gasteiger partial charge in [0.15, 0.2) is 5.11 Å². The molecule has 2 aliphatic heterocycles. The van der Waals surface area contributed by atoms with Gasteiger partial charge in [-0.25, -0.2) is 14.8 Å². The fraction of sp³-hybridized carbons (Fsp3) is 0.478. The standard InChI is InChI=1S/C23H29N5O4S/c1-23(2,3)17-8-9-24-21(28-17)26-15-11-31-19-16(12-32-18(15)19)27-22(33)25-14-7-5-6-13(10-14)20(29)30-4/h5-10,15-16,18-19H,11-12H2,1-4H3,(H,24,26,28)(H2,25,27,33)/t15-,16+,18-,19+/m1/s1. The van der Waals surface area contributed by atoms with Crippen molar-refractivity contribution in [3.63, 3.8) is 0 Å². The lowest BCUT2D eigenvalue weighted by Gasteiger charge is -2.21. The van der Waals surface area contributed by atoms with Crippen LogP contribution in [0.3, 0.4) is 0 Å². The third-order valence-electron chi connectivity index (χ3n) is 5.65. The summed E-state index contributed by atoms with van der Waals surface area (Å²) in [6.07, 6.45) is 1.46. The Bertz CT molecular complexity index is 1030. The highest BCUT2D eigenvalue weighted by atomic mass is 32.1. The Labute approximate surface area is 198 Å². The van der Waals surface area contributed by atoms with Gasteiger partial charge in [-0.15, -0.1) is 0 Å². The van der Waals surface area contributed by atoms with Crippen LogP contribution in [0.25, 0.3) is 0 Å². The summed E-state index contributed by atoms with van der Waals surface area (Å²) >= 11 is 5.47. The average molecular weight is 472 g/mol. The lowest BCUT2D eigenvalue weighted by Crippen LogP contribution is -2.46. The maximum absolute atomic E-state index is 11.7. The molecule has 0 aliphatic carbocycles. The van der Waals surface area contributed by atoms with Crippen molar-refractivity contribution in [1.29, 1.82) is 0 Å². The molecule has 2 aromatic rings. The molecule has 3 heterocycles. The van der Waals surface area contributed by atoms with Gasteiger partial charge in [-0.2, -0.15) is 0 Å². The molecule has 2 saturated heterocycles. The Hall–Kier alpha value is -2.82. The minimum atomic E-state index is -0.403. The Morgan fingerprint density at radius 3 is 2.61 bits per heavy atom. The summed E-state index contributed by atoms with van der Waals surface area (Å²) < 4.78 is 16.8. The topological polar surface area (TPSA) is 107 Å². The summed E-state index contributed by atoms with van der Waals surface area (Å²) in [5.74, 6) is 0.166. The lowest BCUT2D eigenvalue weighted by molar-refractivity contribution is 0.0601. The van der Waals surface area contributed by atoms with E-state index < -0.39 is 5.97 Å². The molecule has 9 nitrogen and oxygen atoms in total. The number of hydrogen-bond acceptors (Lipinski definition) is 8. The first-order valence-electron chi connectivity index (χ1n) is 10.8.